The first-order chi connectivity index (χ1) is 15.9. The van der Waals surface area contributed by atoms with Gasteiger partial charge in [-0.15, -0.1) is 0 Å². The highest BCUT2D eigenvalue weighted by molar-refractivity contribution is 9.10. The van der Waals surface area contributed by atoms with Gasteiger partial charge in [-0.3, -0.25) is 9.71 Å². The zero-order valence-electron chi connectivity index (χ0n) is 17.1. The maximum Gasteiger partial charge on any atom is 0.433 e. The van der Waals surface area contributed by atoms with Crippen LogP contribution in [0.5, 0.6) is 11.5 Å². The number of fused-ring (bicyclic) bond motifs is 6. The highest BCUT2D eigenvalue weighted by atomic mass is 79.9. The van der Waals surface area contributed by atoms with Gasteiger partial charge >= 0.3 is 12.1 Å². The summed E-state index contributed by atoms with van der Waals surface area (Å²) in [5, 5.41) is 10.3. The van der Waals surface area contributed by atoms with Crippen molar-refractivity contribution in [2.24, 2.45) is 0 Å². The van der Waals surface area contributed by atoms with Gasteiger partial charge in [-0.05, 0) is 51.8 Å². The molecule has 1 aliphatic heterocycles. The minimum atomic E-state index is -4.74. The van der Waals surface area contributed by atoms with Crippen LogP contribution in [0.4, 0.5) is 18.9 Å². The van der Waals surface area contributed by atoms with Gasteiger partial charge in [0.15, 0.2) is 0 Å². The summed E-state index contributed by atoms with van der Waals surface area (Å²) in [5.41, 5.74) is -1.04. The number of methoxy groups -OCH3 is 1. The molecule has 8 nitrogen and oxygen atoms in total. The third-order valence-corrected chi connectivity index (χ3v) is 6.93. The van der Waals surface area contributed by atoms with E-state index in [2.05, 4.69) is 25.6 Å². The van der Waals surface area contributed by atoms with Crippen LogP contribution in [0, 0.1) is 0 Å². The molecule has 4 rings (SSSR count). The number of aromatic hydroxyl groups is 1. The number of phenolic OH excluding ortho intramolecular Hbond substituents is 1. The molecule has 4 bridgehead atoms. The second kappa shape index (κ2) is 8.47. The van der Waals surface area contributed by atoms with Gasteiger partial charge < -0.3 is 14.6 Å². The van der Waals surface area contributed by atoms with Gasteiger partial charge in [-0.2, -0.15) is 13.2 Å². The monoisotopic (exact) mass is 558 g/mol. The van der Waals surface area contributed by atoms with Crippen molar-refractivity contribution < 1.29 is 41.0 Å². The number of alkyl halides is 3. The van der Waals surface area contributed by atoms with Crippen LogP contribution in [-0.2, 0) is 27.5 Å². The Labute approximate surface area is 199 Å². The summed E-state index contributed by atoms with van der Waals surface area (Å²) >= 11 is 3.00. The van der Waals surface area contributed by atoms with Crippen molar-refractivity contribution in [3.05, 3.63) is 63.9 Å². The van der Waals surface area contributed by atoms with E-state index in [0.717, 1.165) is 24.4 Å². The molecular formula is C21H14BrF3N2O6S. The van der Waals surface area contributed by atoms with Crippen molar-refractivity contribution in [2.75, 3.05) is 11.8 Å². The number of cyclic esters (lactones) is 1. The number of pyridine rings is 1. The van der Waals surface area contributed by atoms with Crippen LogP contribution in [0.3, 0.4) is 0 Å². The smallest absolute Gasteiger partial charge is 0.433 e. The van der Waals surface area contributed by atoms with Crippen LogP contribution in [0.2, 0.25) is 0 Å². The number of carbonyl (C=O) groups is 1. The van der Waals surface area contributed by atoms with Crippen molar-refractivity contribution in [2.45, 2.75) is 17.7 Å². The molecule has 0 fully saturated rings. The third-order valence-electron chi connectivity index (χ3n) is 4.95. The summed E-state index contributed by atoms with van der Waals surface area (Å²) in [4.78, 5) is 15.5. The average molecular weight is 559 g/mol. The lowest BCUT2D eigenvalue weighted by molar-refractivity contribution is -0.141. The van der Waals surface area contributed by atoms with Gasteiger partial charge in [0.25, 0.3) is 10.0 Å². The highest BCUT2D eigenvalue weighted by Gasteiger charge is 2.33. The Morgan fingerprint density at radius 1 is 1.18 bits per heavy atom. The number of esters is 1. The zero-order valence-corrected chi connectivity index (χ0v) is 19.5. The largest absolute Gasteiger partial charge is 0.505 e. The quantitative estimate of drug-likeness (QED) is 0.415. The number of rotatable bonds is 1. The van der Waals surface area contributed by atoms with Crippen molar-refractivity contribution >= 4 is 37.6 Å². The Hall–Kier alpha value is -3.32. The molecule has 0 spiro atoms. The fourth-order valence-electron chi connectivity index (χ4n) is 3.31. The van der Waals surface area contributed by atoms with E-state index < -0.39 is 45.1 Å². The molecule has 34 heavy (non-hydrogen) atoms. The topological polar surface area (TPSA) is 115 Å². The van der Waals surface area contributed by atoms with Crippen molar-refractivity contribution in [3.8, 4) is 22.6 Å². The summed E-state index contributed by atoms with van der Waals surface area (Å²) < 4.78 is 78.5. The van der Waals surface area contributed by atoms with Crippen molar-refractivity contribution in [1.29, 1.82) is 0 Å². The van der Waals surface area contributed by atoms with E-state index in [1.54, 1.807) is 0 Å². The third kappa shape index (κ3) is 4.40. The van der Waals surface area contributed by atoms with Gasteiger partial charge in [0.2, 0.25) is 0 Å². The van der Waals surface area contributed by atoms with Crippen LogP contribution in [0.1, 0.15) is 21.6 Å². The molecule has 13 heteroatoms. The van der Waals surface area contributed by atoms with Gasteiger partial charge in [-0.25, -0.2) is 13.2 Å². The Morgan fingerprint density at radius 2 is 1.91 bits per heavy atom. The molecule has 2 aromatic carbocycles. The Balaban J connectivity index is 1.99. The van der Waals surface area contributed by atoms with E-state index in [0.29, 0.717) is 0 Å². The van der Waals surface area contributed by atoms with Crippen molar-refractivity contribution in [1.82, 2.24) is 4.98 Å². The fourth-order valence-corrected chi connectivity index (χ4v) is 5.11. The van der Waals surface area contributed by atoms with Crippen LogP contribution in [0.25, 0.3) is 11.1 Å². The second-order valence-corrected chi connectivity index (χ2v) is 9.63. The van der Waals surface area contributed by atoms with Crippen LogP contribution in [-0.4, -0.2) is 31.6 Å². The molecule has 0 aliphatic carbocycles. The molecule has 0 unspecified atom stereocenters. The Kier molecular flexibility index (Phi) is 5.94. The van der Waals surface area contributed by atoms with E-state index >= 15 is 0 Å². The lowest BCUT2D eigenvalue weighted by Crippen LogP contribution is -2.15. The van der Waals surface area contributed by atoms with E-state index in [1.165, 1.54) is 25.3 Å². The number of aromatic nitrogens is 1. The normalized spacial score (nSPS) is 15.0. The first-order valence-electron chi connectivity index (χ1n) is 9.37. The van der Waals surface area contributed by atoms with Gasteiger partial charge in [-0.1, -0.05) is 6.07 Å². The Morgan fingerprint density at radius 3 is 2.59 bits per heavy atom. The van der Waals surface area contributed by atoms with Crippen molar-refractivity contribution in [3.63, 3.8) is 0 Å². The molecule has 1 aromatic heterocycles. The van der Waals surface area contributed by atoms with E-state index in [1.807, 2.05) is 0 Å². The number of hydrogen-bond acceptors (Lipinski definition) is 7. The number of anilines is 1. The molecule has 2 N–H and O–H groups in total. The number of hydrogen-bond donors (Lipinski definition) is 2. The standard InChI is InChI=1S/C21H14BrF3N2O6S/c1-32-16-3-2-10-5-15(16)27-34(30,31)17-6-11(4-14(22)19(17)28)20(29)33-9-12-7-18(21(23,24)25)26-8-13(10)12/h2-8,27-28H,9H2,1H3. The molecule has 1 aliphatic rings. The second-order valence-electron chi connectivity index (χ2n) is 7.13. The number of carbonyl (C=O) groups excluding carboxylic acids is 1. The predicted octanol–water partition coefficient (Wildman–Crippen LogP) is 4.72. The Bertz CT molecular complexity index is 1430. The highest BCUT2D eigenvalue weighted by Crippen LogP contribution is 2.39. The maximum absolute atomic E-state index is 13.3. The lowest BCUT2D eigenvalue weighted by atomic mass is 10.0. The zero-order chi connectivity index (χ0) is 24.8. The average Bonchev–Trinajstić information content (AvgIpc) is 2.77. The van der Waals surface area contributed by atoms with Crippen LogP contribution in [0.15, 0.2) is 52.0 Å². The van der Waals surface area contributed by atoms with E-state index in [4.69, 9.17) is 9.47 Å². The summed E-state index contributed by atoms with van der Waals surface area (Å²) in [6.07, 6.45) is -3.77. The van der Waals surface area contributed by atoms with E-state index in [9.17, 15) is 31.5 Å². The van der Waals surface area contributed by atoms with Crippen LogP contribution < -0.4 is 9.46 Å². The first-order valence-corrected chi connectivity index (χ1v) is 11.7. The predicted molar refractivity (Wildman–Crippen MR) is 117 cm³/mol. The number of phenols is 1. The molecule has 0 saturated heterocycles. The van der Waals surface area contributed by atoms with Crippen LogP contribution >= 0.6 is 15.9 Å². The molecular weight excluding hydrogens is 545 g/mol. The molecule has 2 heterocycles. The number of benzene rings is 2. The molecule has 0 atom stereocenters. The molecule has 0 amide bonds. The van der Waals surface area contributed by atoms with Gasteiger partial charge in [0.1, 0.15) is 28.7 Å². The van der Waals surface area contributed by atoms with E-state index in [-0.39, 0.29) is 38.2 Å². The number of nitrogens with one attached hydrogen (secondary N) is 1. The minimum absolute atomic E-state index is 0.00744. The number of halogens is 4. The number of sulfonamides is 1. The summed E-state index contributed by atoms with van der Waals surface area (Å²) in [6.45, 7) is -0.560. The maximum atomic E-state index is 13.3. The number of ether oxygens (including phenoxy) is 2. The lowest BCUT2D eigenvalue weighted by Gasteiger charge is -2.16. The fraction of sp³-hybridized carbons (Fsp3) is 0.143. The number of nitrogens with zero attached hydrogens (tertiary/aromatic N) is 1. The molecule has 0 saturated carbocycles. The molecule has 3 aromatic rings. The summed E-state index contributed by atoms with van der Waals surface area (Å²) in [6, 6.07) is 7.01. The van der Waals surface area contributed by atoms with Gasteiger partial charge in [0, 0.05) is 17.3 Å². The molecule has 0 radical (unpaired) electrons. The van der Waals surface area contributed by atoms with Gasteiger partial charge in [0.05, 0.1) is 22.8 Å². The summed E-state index contributed by atoms with van der Waals surface area (Å²) in [7, 11) is -3.15. The molecule has 178 valence electrons. The first kappa shape index (κ1) is 23.8. The summed E-state index contributed by atoms with van der Waals surface area (Å²) in [5.74, 6) is -1.57. The minimum Gasteiger partial charge on any atom is -0.505 e. The SMILES string of the molecule is COc1ccc2cc1NS(=O)(=O)c1cc(cc(Br)c1O)C(=O)OCc1cc(C(F)(F)F)ncc1-2.